The van der Waals surface area contributed by atoms with E-state index in [2.05, 4.69) is 6.92 Å². The number of carbonyl (C=O) groups excluding carboxylic acids is 3. The van der Waals surface area contributed by atoms with Gasteiger partial charge in [0.2, 0.25) is 11.8 Å². The van der Waals surface area contributed by atoms with E-state index >= 15 is 0 Å². The van der Waals surface area contributed by atoms with Gasteiger partial charge in [0.1, 0.15) is 12.6 Å². The second kappa shape index (κ2) is 14.4. The molecule has 30 heavy (non-hydrogen) atoms. The van der Waals surface area contributed by atoms with Gasteiger partial charge in [-0.05, 0) is 32.1 Å². The number of rotatable bonds is 14. The summed E-state index contributed by atoms with van der Waals surface area (Å²) >= 11 is 0. The lowest BCUT2D eigenvalue weighted by molar-refractivity contribution is -0.151. The van der Waals surface area contributed by atoms with E-state index in [4.69, 9.17) is 4.74 Å². The van der Waals surface area contributed by atoms with E-state index in [1.54, 1.807) is 9.80 Å². The zero-order chi connectivity index (χ0) is 21.6. The highest BCUT2D eigenvalue weighted by Gasteiger charge is 2.36. The summed E-state index contributed by atoms with van der Waals surface area (Å²) in [6.45, 7) is 3.92. The van der Waals surface area contributed by atoms with Crippen molar-refractivity contribution in [3.05, 3.63) is 0 Å². The van der Waals surface area contributed by atoms with Gasteiger partial charge < -0.3 is 14.5 Å². The van der Waals surface area contributed by atoms with Crippen molar-refractivity contribution in [2.45, 2.75) is 109 Å². The van der Waals surface area contributed by atoms with Crippen molar-refractivity contribution >= 4 is 17.8 Å². The summed E-state index contributed by atoms with van der Waals surface area (Å²) in [5.41, 5.74) is 0. The quantitative estimate of drug-likeness (QED) is 0.306. The minimum absolute atomic E-state index is 0.00905. The summed E-state index contributed by atoms with van der Waals surface area (Å²) < 4.78 is 5.37. The zero-order valence-electron chi connectivity index (χ0n) is 19.0. The number of hydrogen-bond acceptors (Lipinski definition) is 4. The Labute approximate surface area is 182 Å². The minimum atomic E-state index is -0.391. The molecular weight excluding hydrogens is 380 g/mol. The van der Waals surface area contributed by atoms with Crippen LogP contribution in [0.4, 0.5) is 0 Å². The summed E-state index contributed by atoms with van der Waals surface area (Å²) in [7, 11) is 0. The zero-order valence-corrected chi connectivity index (χ0v) is 19.0. The van der Waals surface area contributed by atoms with E-state index in [1.165, 1.54) is 51.4 Å². The van der Waals surface area contributed by atoms with Gasteiger partial charge in [-0.2, -0.15) is 0 Å². The molecule has 2 amide bonds. The van der Waals surface area contributed by atoms with E-state index in [-0.39, 0.29) is 24.3 Å². The van der Waals surface area contributed by atoms with Crippen LogP contribution in [0.15, 0.2) is 0 Å². The Hall–Kier alpha value is -1.59. The standard InChI is InChI=1S/C24H42N2O4/c1-2-3-4-5-6-7-8-9-10-13-19-30-23(28)20-25-17-12-11-15-21(24(25)29)26-18-14-16-22(26)27/h21H,2-20H2,1H3. The van der Waals surface area contributed by atoms with Crippen molar-refractivity contribution in [2.24, 2.45) is 0 Å². The van der Waals surface area contributed by atoms with Gasteiger partial charge in [0.25, 0.3) is 0 Å². The highest BCUT2D eigenvalue weighted by atomic mass is 16.5. The molecule has 1 unspecified atom stereocenters. The Balaban J connectivity index is 1.57. The number of hydrogen-bond donors (Lipinski definition) is 0. The third-order valence-corrected chi connectivity index (χ3v) is 6.32. The van der Waals surface area contributed by atoms with Crippen LogP contribution in [-0.2, 0) is 19.1 Å². The smallest absolute Gasteiger partial charge is 0.325 e. The third kappa shape index (κ3) is 8.65. The molecule has 0 radical (unpaired) electrons. The number of unbranched alkanes of at least 4 members (excludes halogenated alkanes) is 9. The maximum absolute atomic E-state index is 12.9. The molecule has 2 aliphatic rings. The van der Waals surface area contributed by atoms with E-state index in [0.29, 0.717) is 32.5 Å². The number of ether oxygens (including phenoxy) is 1. The van der Waals surface area contributed by atoms with Crippen LogP contribution in [0.3, 0.4) is 0 Å². The first kappa shape index (κ1) is 24.7. The molecule has 1 atom stereocenters. The van der Waals surface area contributed by atoms with Gasteiger partial charge in [-0.15, -0.1) is 0 Å². The van der Waals surface area contributed by atoms with Crippen LogP contribution >= 0.6 is 0 Å². The van der Waals surface area contributed by atoms with Crippen LogP contribution in [0.5, 0.6) is 0 Å². The van der Waals surface area contributed by atoms with E-state index in [9.17, 15) is 14.4 Å². The molecule has 2 aliphatic heterocycles. The summed E-state index contributed by atoms with van der Waals surface area (Å²) in [4.78, 5) is 40.5. The maximum Gasteiger partial charge on any atom is 0.325 e. The molecule has 2 heterocycles. The summed E-state index contributed by atoms with van der Waals surface area (Å²) in [5, 5.41) is 0. The van der Waals surface area contributed by atoms with Crippen LogP contribution < -0.4 is 0 Å². The fourth-order valence-electron chi connectivity index (χ4n) is 4.51. The Bertz CT molecular complexity index is 537. The third-order valence-electron chi connectivity index (χ3n) is 6.32. The average molecular weight is 423 g/mol. The minimum Gasteiger partial charge on any atom is -0.464 e. The molecule has 0 bridgehead atoms. The first-order chi connectivity index (χ1) is 14.6. The molecule has 0 aromatic carbocycles. The number of esters is 1. The van der Waals surface area contributed by atoms with Gasteiger partial charge in [0.15, 0.2) is 0 Å². The van der Waals surface area contributed by atoms with Crippen LogP contribution in [0.25, 0.3) is 0 Å². The molecule has 0 spiro atoms. The van der Waals surface area contributed by atoms with Crippen LogP contribution in [0, 0.1) is 0 Å². The number of carbonyl (C=O) groups is 3. The predicted octanol–water partition coefficient (Wildman–Crippen LogP) is 4.45. The fourth-order valence-corrected chi connectivity index (χ4v) is 4.51. The molecule has 0 N–H and O–H groups in total. The molecule has 6 nitrogen and oxygen atoms in total. The Morgan fingerprint density at radius 3 is 2.20 bits per heavy atom. The number of nitrogens with zero attached hydrogens (tertiary/aromatic N) is 2. The summed E-state index contributed by atoms with van der Waals surface area (Å²) in [6, 6.07) is -0.391. The normalized spacial score (nSPS) is 20.0. The van der Waals surface area contributed by atoms with Crippen molar-refractivity contribution in [3.63, 3.8) is 0 Å². The predicted molar refractivity (Wildman–Crippen MR) is 118 cm³/mol. The molecule has 0 aromatic rings. The Kier molecular flexibility index (Phi) is 11.9. The van der Waals surface area contributed by atoms with Gasteiger partial charge in [-0.1, -0.05) is 64.7 Å². The number of amides is 2. The summed E-state index contributed by atoms with van der Waals surface area (Å²) in [5.74, 6) is -0.343. The molecular formula is C24H42N2O4. The van der Waals surface area contributed by atoms with E-state index in [1.807, 2.05) is 0 Å². The van der Waals surface area contributed by atoms with Gasteiger partial charge in [-0.25, -0.2) is 0 Å². The molecule has 0 aromatic heterocycles. The van der Waals surface area contributed by atoms with Crippen molar-refractivity contribution < 1.29 is 19.1 Å². The van der Waals surface area contributed by atoms with Gasteiger partial charge in [0, 0.05) is 19.5 Å². The van der Waals surface area contributed by atoms with Gasteiger partial charge in [-0.3, -0.25) is 14.4 Å². The van der Waals surface area contributed by atoms with Crippen molar-refractivity contribution in [3.8, 4) is 0 Å². The molecule has 6 heteroatoms. The van der Waals surface area contributed by atoms with E-state index in [0.717, 1.165) is 32.1 Å². The van der Waals surface area contributed by atoms with Crippen molar-refractivity contribution in [2.75, 3.05) is 26.2 Å². The van der Waals surface area contributed by atoms with Gasteiger partial charge >= 0.3 is 5.97 Å². The maximum atomic E-state index is 12.9. The lowest BCUT2D eigenvalue weighted by Crippen LogP contribution is -2.49. The number of likely N-dealkylation sites (tertiary alicyclic amines) is 2. The second-order valence-electron chi connectivity index (χ2n) is 8.86. The molecule has 0 aliphatic carbocycles. The topological polar surface area (TPSA) is 66.9 Å². The molecule has 2 saturated heterocycles. The van der Waals surface area contributed by atoms with Crippen molar-refractivity contribution in [1.29, 1.82) is 0 Å². The highest BCUT2D eigenvalue weighted by Crippen LogP contribution is 2.22. The first-order valence-electron chi connectivity index (χ1n) is 12.4. The SMILES string of the molecule is CCCCCCCCCCCCOC(=O)CN1CCCCC(N2CCCC2=O)C1=O. The monoisotopic (exact) mass is 422 g/mol. The molecule has 172 valence electrons. The van der Waals surface area contributed by atoms with Crippen LogP contribution in [0.1, 0.15) is 103 Å². The largest absolute Gasteiger partial charge is 0.464 e. The van der Waals surface area contributed by atoms with Crippen LogP contribution in [0.2, 0.25) is 0 Å². The Morgan fingerprint density at radius 1 is 0.900 bits per heavy atom. The van der Waals surface area contributed by atoms with E-state index < -0.39 is 6.04 Å². The second-order valence-corrected chi connectivity index (χ2v) is 8.86. The lowest BCUT2D eigenvalue weighted by Gasteiger charge is -2.29. The van der Waals surface area contributed by atoms with Gasteiger partial charge in [0.05, 0.1) is 6.61 Å². The van der Waals surface area contributed by atoms with Crippen LogP contribution in [-0.4, -0.2) is 59.9 Å². The van der Waals surface area contributed by atoms with Crippen molar-refractivity contribution in [1.82, 2.24) is 9.80 Å². The highest BCUT2D eigenvalue weighted by molar-refractivity contribution is 5.90. The lowest BCUT2D eigenvalue weighted by atomic mass is 10.1. The summed E-state index contributed by atoms with van der Waals surface area (Å²) in [6.07, 6.45) is 16.3. The average Bonchev–Trinajstić information content (AvgIpc) is 3.08. The molecule has 0 saturated carbocycles. The fraction of sp³-hybridized carbons (Fsp3) is 0.875. The first-order valence-corrected chi connectivity index (χ1v) is 12.4. The molecule has 2 fully saturated rings. The Morgan fingerprint density at radius 2 is 1.57 bits per heavy atom. The molecule has 2 rings (SSSR count).